The first-order valence-corrected chi connectivity index (χ1v) is 11.8. The van der Waals surface area contributed by atoms with Gasteiger partial charge in [-0.25, -0.2) is 0 Å². The molecular weight excluding hydrogens is 440 g/mol. The van der Waals surface area contributed by atoms with E-state index >= 15 is 0 Å². The van der Waals surface area contributed by atoms with Gasteiger partial charge in [0.15, 0.2) is 0 Å². The molecule has 0 amide bonds. The van der Waals surface area contributed by atoms with Crippen molar-refractivity contribution in [3.05, 3.63) is 69.5 Å². The number of nitrogens with one attached hydrogen (secondary N) is 1. The molecule has 0 bridgehead atoms. The quantitative estimate of drug-likeness (QED) is 0.556. The number of ether oxygens (including phenoxy) is 1. The third kappa shape index (κ3) is 5.78. The second-order valence-corrected chi connectivity index (χ2v) is 8.59. The van der Waals surface area contributed by atoms with Gasteiger partial charge in [-0.15, -0.1) is 0 Å². The van der Waals surface area contributed by atoms with Gasteiger partial charge in [0.25, 0.3) is 5.56 Å². The molecule has 0 atom stereocenters. The van der Waals surface area contributed by atoms with E-state index in [2.05, 4.69) is 74.7 Å². The van der Waals surface area contributed by atoms with E-state index in [1.165, 1.54) is 18.3 Å². The van der Waals surface area contributed by atoms with Crippen molar-refractivity contribution in [2.24, 2.45) is 4.99 Å². The molecule has 3 aromatic rings. The van der Waals surface area contributed by atoms with Crippen molar-refractivity contribution in [2.45, 2.75) is 13.3 Å². The molecule has 1 N–H and O–H groups in total. The van der Waals surface area contributed by atoms with Crippen LogP contribution in [0.15, 0.2) is 58.3 Å². The third-order valence-electron chi connectivity index (χ3n) is 6.21. The van der Waals surface area contributed by atoms with Crippen molar-refractivity contribution in [3.63, 3.8) is 0 Å². The van der Waals surface area contributed by atoms with E-state index in [1.807, 2.05) is 24.3 Å². The minimum absolute atomic E-state index is 0.104. The number of aromatic amines is 1. The first kappa shape index (κ1) is 24.2. The van der Waals surface area contributed by atoms with Gasteiger partial charge in [-0.3, -0.25) is 14.8 Å². The lowest BCUT2D eigenvalue weighted by Gasteiger charge is -2.26. The van der Waals surface area contributed by atoms with Crippen LogP contribution in [0.4, 0.5) is 17.1 Å². The summed E-state index contributed by atoms with van der Waals surface area (Å²) in [4.78, 5) is 30.1. The molecule has 182 valence electrons. The van der Waals surface area contributed by atoms with E-state index in [0.29, 0.717) is 16.3 Å². The summed E-state index contributed by atoms with van der Waals surface area (Å²) in [6, 6.07) is 16.4. The Morgan fingerprint density at radius 2 is 1.91 bits per heavy atom. The molecule has 8 nitrogen and oxygen atoms in total. The number of benzene rings is 2. The van der Waals surface area contributed by atoms with E-state index in [0.717, 1.165) is 37.6 Å². The van der Waals surface area contributed by atoms with E-state index < -0.39 is 0 Å². The highest BCUT2D eigenvalue weighted by Crippen LogP contribution is 2.29. The molecule has 1 aromatic heterocycles. The van der Waals surface area contributed by atoms with Crippen LogP contribution < -0.4 is 30.7 Å². The van der Waals surface area contributed by atoms with Gasteiger partial charge in [0.1, 0.15) is 5.75 Å². The largest absolute Gasteiger partial charge is 0.426 e. The fourth-order valence-corrected chi connectivity index (χ4v) is 4.19. The Balaban J connectivity index is 1.51. The summed E-state index contributed by atoms with van der Waals surface area (Å²) in [6.45, 7) is 9.53. The van der Waals surface area contributed by atoms with Crippen molar-refractivity contribution in [2.75, 3.05) is 50.1 Å². The lowest BCUT2D eigenvalue weighted by molar-refractivity contribution is 0.360. The summed E-state index contributed by atoms with van der Waals surface area (Å²) in [5.74, 6) is 0.568. The van der Waals surface area contributed by atoms with Gasteiger partial charge in [0, 0.05) is 43.7 Å². The van der Waals surface area contributed by atoms with Crippen molar-refractivity contribution < 1.29 is 4.74 Å². The second-order valence-electron chi connectivity index (χ2n) is 8.59. The SMILES string of the molecule is C=N/C=c1/nc(Oc2ccc(N(C)c3cccc(N4CCCN(C)CC4)c3)cc2)[nH]c(=O)/c1=C/C. The van der Waals surface area contributed by atoms with E-state index in [9.17, 15) is 4.79 Å². The Morgan fingerprint density at radius 1 is 1.11 bits per heavy atom. The minimum atomic E-state index is -0.292. The van der Waals surface area contributed by atoms with Crippen LogP contribution in [0.2, 0.25) is 0 Å². The molecule has 2 aromatic carbocycles. The number of hydrogen-bond donors (Lipinski definition) is 1. The van der Waals surface area contributed by atoms with E-state index in [4.69, 9.17) is 4.74 Å². The Bertz CT molecular complexity index is 1350. The van der Waals surface area contributed by atoms with Crippen LogP contribution in [0.25, 0.3) is 12.3 Å². The van der Waals surface area contributed by atoms with Gasteiger partial charge in [-0.05, 0) is 76.1 Å². The summed E-state index contributed by atoms with van der Waals surface area (Å²) in [7, 11) is 4.23. The van der Waals surface area contributed by atoms with Crippen molar-refractivity contribution in [1.29, 1.82) is 0 Å². The summed E-state index contributed by atoms with van der Waals surface area (Å²) < 4.78 is 5.81. The highest BCUT2D eigenvalue weighted by atomic mass is 16.5. The highest BCUT2D eigenvalue weighted by molar-refractivity contribution is 5.67. The third-order valence-corrected chi connectivity index (χ3v) is 6.21. The summed E-state index contributed by atoms with van der Waals surface area (Å²) in [5.41, 5.74) is 3.09. The molecule has 4 rings (SSSR count). The Hall–Kier alpha value is -3.91. The normalized spacial score (nSPS) is 15.7. The smallest absolute Gasteiger partial charge is 0.302 e. The van der Waals surface area contributed by atoms with Crippen molar-refractivity contribution >= 4 is 36.1 Å². The molecule has 35 heavy (non-hydrogen) atoms. The summed E-state index contributed by atoms with van der Waals surface area (Å²) >= 11 is 0. The zero-order valence-electron chi connectivity index (χ0n) is 20.6. The molecule has 1 saturated heterocycles. The second kappa shape index (κ2) is 11.0. The van der Waals surface area contributed by atoms with Gasteiger partial charge in [0.2, 0.25) is 0 Å². The molecule has 0 saturated carbocycles. The van der Waals surface area contributed by atoms with Crippen LogP contribution in [-0.4, -0.2) is 61.9 Å². The topological polar surface area (TPSA) is 77.1 Å². The van der Waals surface area contributed by atoms with E-state index in [1.54, 1.807) is 13.0 Å². The minimum Gasteiger partial charge on any atom is -0.426 e. The molecule has 1 fully saturated rings. The van der Waals surface area contributed by atoms with Gasteiger partial charge in [-0.1, -0.05) is 12.1 Å². The highest BCUT2D eigenvalue weighted by Gasteiger charge is 2.14. The molecule has 8 heteroatoms. The number of H-pyrrole nitrogens is 1. The van der Waals surface area contributed by atoms with Gasteiger partial charge >= 0.3 is 6.01 Å². The molecule has 0 aliphatic carbocycles. The molecule has 1 aliphatic rings. The first-order valence-electron chi connectivity index (χ1n) is 11.8. The molecule has 1 aliphatic heterocycles. The maximum absolute atomic E-state index is 12.3. The van der Waals surface area contributed by atoms with Crippen LogP contribution in [0.3, 0.4) is 0 Å². The monoisotopic (exact) mass is 472 g/mol. The number of hydrogen-bond acceptors (Lipinski definition) is 7. The predicted molar refractivity (Wildman–Crippen MR) is 144 cm³/mol. The Labute approximate surface area is 205 Å². The van der Waals surface area contributed by atoms with Gasteiger partial charge < -0.3 is 19.4 Å². The summed E-state index contributed by atoms with van der Waals surface area (Å²) in [6.07, 6.45) is 4.28. The lowest BCUT2D eigenvalue weighted by Crippen LogP contribution is -2.42. The van der Waals surface area contributed by atoms with Gasteiger partial charge in [-0.2, -0.15) is 4.98 Å². The fraction of sp³-hybridized carbons (Fsp3) is 0.296. The number of aromatic nitrogens is 2. The maximum atomic E-state index is 12.3. The molecule has 0 radical (unpaired) electrons. The van der Waals surface area contributed by atoms with Crippen LogP contribution in [0, 0.1) is 0 Å². The lowest BCUT2D eigenvalue weighted by atomic mass is 10.2. The zero-order valence-corrected chi connectivity index (χ0v) is 20.6. The fourth-order valence-electron chi connectivity index (χ4n) is 4.19. The van der Waals surface area contributed by atoms with Crippen molar-refractivity contribution in [1.82, 2.24) is 14.9 Å². The van der Waals surface area contributed by atoms with Crippen LogP contribution in [0.5, 0.6) is 11.8 Å². The zero-order chi connectivity index (χ0) is 24.8. The van der Waals surface area contributed by atoms with Crippen LogP contribution in [0.1, 0.15) is 13.3 Å². The van der Waals surface area contributed by atoms with Crippen molar-refractivity contribution in [3.8, 4) is 11.8 Å². The maximum Gasteiger partial charge on any atom is 0.302 e. The molecule has 2 heterocycles. The van der Waals surface area contributed by atoms with Gasteiger partial charge in [0.05, 0.1) is 16.8 Å². The Morgan fingerprint density at radius 3 is 2.66 bits per heavy atom. The molecule has 0 spiro atoms. The number of rotatable bonds is 6. The van der Waals surface area contributed by atoms with Crippen LogP contribution >= 0.6 is 0 Å². The standard InChI is InChI=1S/C27H32N6O2/c1-5-24-25(19-28-2)29-27(30-26(24)34)35-23-12-10-20(11-13-23)32(4)21-8-6-9-22(18-21)33-15-7-14-31(3)16-17-33/h5-6,8-13,18-19H,2,7,14-17H2,1,3-4H3,(H,29,30,34)/b24-5+,25-19+. The number of anilines is 3. The van der Waals surface area contributed by atoms with Crippen LogP contribution in [-0.2, 0) is 0 Å². The predicted octanol–water partition coefficient (Wildman–Crippen LogP) is 2.71. The average molecular weight is 473 g/mol. The Kier molecular flexibility index (Phi) is 7.62. The summed E-state index contributed by atoms with van der Waals surface area (Å²) in [5, 5.41) is 0.838. The van der Waals surface area contributed by atoms with E-state index in [-0.39, 0.29) is 11.6 Å². The average Bonchev–Trinajstić information content (AvgIpc) is 3.09. The number of nitrogens with zero attached hydrogens (tertiary/aromatic N) is 5. The molecule has 0 unspecified atom stereocenters. The molecular formula is C27H32N6O2. The number of likely N-dealkylation sites (N-methyl/N-ethyl adjacent to an activating group) is 1. The first-order chi connectivity index (χ1) is 17.0. The number of aliphatic imine (C=N–C) groups is 1.